The van der Waals surface area contributed by atoms with E-state index in [1.54, 1.807) is 6.08 Å². The van der Waals surface area contributed by atoms with Gasteiger partial charge in [0.2, 0.25) is 0 Å². The summed E-state index contributed by atoms with van der Waals surface area (Å²) in [5, 5.41) is 0. The van der Waals surface area contributed by atoms with E-state index in [4.69, 9.17) is 11.2 Å². The molecule has 1 aliphatic heterocycles. The van der Waals surface area contributed by atoms with Gasteiger partial charge in [-0.2, -0.15) is 11.8 Å². The predicted molar refractivity (Wildman–Crippen MR) is 123 cm³/mol. The van der Waals surface area contributed by atoms with Crippen molar-refractivity contribution >= 4 is 11.8 Å². The first-order valence-electron chi connectivity index (χ1n) is 10.2. The summed E-state index contributed by atoms with van der Waals surface area (Å²) in [6, 6.07) is 10.8. The highest BCUT2D eigenvalue weighted by Crippen LogP contribution is 2.11. The molecule has 0 aromatic heterocycles. The summed E-state index contributed by atoms with van der Waals surface area (Å²) in [6.45, 7) is 10.6. The van der Waals surface area contributed by atoms with Gasteiger partial charge in [-0.25, -0.2) is 0 Å². The van der Waals surface area contributed by atoms with Gasteiger partial charge in [-0.05, 0) is 38.1 Å². The van der Waals surface area contributed by atoms with Crippen LogP contribution in [-0.2, 0) is 11.3 Å². The second-order valence-electron chi connectivity index (χ2n) is 7.16. The van der Waals surface area contributed by atoms with E-state index in [-0.39, 0.29) is 0 Å². The molecule has 1 fully saturated rings. The predicted octanol–water partition coefficient (Wildman–Crippen LogP) is 4.08. The zero-order chi connectivity index (χ0) is 19.9. The van der Waals surface area contributed by atoms with Crippen LogP contribution >= 0.6 is 11.8 Å². The molecule has 2 rings (SSSR count). The maximum Gasteiger partial charge on any atom is 0.0594 e. The Balaban J connectivity index is 1.74. The first-order valence-corrected chi connectivity index (χ1v) is 11.4. The highest BCUT2D eigenvalue weighted by atomic mass is 32.2. The third kappa shape index (κ3) is 10.1. The largest absolute Gasteiger partial charge is 0.379 e. The number of nitrogens with zero attached hydrogens (tertiary/aromatic N) is 2. The summed E-state index contributed by atoms with van der Waals surface area (Å²) < 4.78 is 5.45. The number of ether oxygens (including phenoxy) is 1. The molecule has 1 aromatic rings. The van der Waals surface area contributed by atoms with Gasteiger partial charge in [0, 0.05) is 37.7 Å². The van der Waals surface area contributed by atoms with Gasteiger partial charge < -0.3 is 4.74 Å². The van der Waals surface area contributed by atoms with Crippen LogP contribution in [-0.4, -0.2) is 67.2 Å². The molecule has 3 nitrogen and oxygen atoms in total. The molecule has 152 valence electrons. The van der Waals surface area contributed by atoms with E-state index in [1.165, 1.54) is 24.1 Å². The second-order valence-corrected chi connectivity index (χ2v) is 8.27. The maximum atomic E-state index is 5.45. The monoisotopic (exact) mass is 398 g/mol. The van der Waals surface area contributed by atoms with Gasteiger partial charge in [-0.3, -0.25) is 9.80 Å². The molecular formula is C24H34N2OS. The molecule has 4 heteroatoms. The Bertz CT molecular complexity index is 630. The minimum atomic E-state index is 0.883. The topological polar surface area (TPSA) is 15.7 Å². The van der Waals surface area contributed by atoms with E-state index in [9.17, 15) is 0 Å². The Morgan fingerprint density at radius 1 is 1.25 bits per heavy atom. The van der Waals surface area contributed by atoms with Gasteiger partial charge >= 0.3 is 0 Å². The van der Waals surface area contributed by atoms with Gasteiger partial charge in [-0.15, -0.1) is 6.42 Å². The summed E-state index contributed by atoms with van der Waals surface area (Å²) >= 11 is 2.00. The Morgan fingerprint density at radius 3 is 2.79 bits per heavy atom. The van der Waals surface area contributed by atoms with Crippen molar-refractivity contribution in [1.29, 1.82) is 0 Å². The lowest BCUT2D eigenvalue weighted by Crippen LogP contribution is -2.38. The van der Waals surface area contributed by atoms with Crippen LogP contribution in [0.5, 0.6) is 0 Å². The molecule has 1 saturated heterocycles. The summed E-state index contributed by atoms with van der Waals surface area (Å²) in [5.74, 6) is 4.73. The Labute approximate surface area is 175 Å². The zero-order valence-electron chi connectivity index (χ0n) is 17.2. The molecule has 1 heterocycles. The number of rotatable bonds is 12. The van der Waals surface area contributed by atoms with E-state index >= 15 is 0 Å². The molecule has 0 unspecified atom stereocenters. The average molecular weight is 399 g/mol. The lowest BCUT2D eigenvalue weighted by atomic mass is 10.2. The lowest BCUT2D eigenvalue weighted by molar-refractivity contribution is 0.0361. The molecule has 0 N–H and O–H groups in total. The van der Waals surface area contributed by atoms with Crippen molar-refractivity contribution in [2.45, 2.75) is 19.9 Å². The number of hydrogen-bond donors (Lipinski definition) is 0. The second kappa shape index (κ2) is 14.5. The molecule has 0 atom stereocenters. The third-order valence-corrected chi connectivity index (χ3v) is 5.89. The van der Waals surface area contributed by atoms with Crippen LogP contribution in [0.2, 0.25) is 0 Å². The van der Waals surface area contributed by atoms with Crippen molar-refractivity contribution in [3.63, 3.8) is 0 Å². The Kier molecular flexibility index (Phi) is 11.8. The minimum absolute atomic E-state index is 0.883. The number of hydrogen-bond acceptors (Lipinski definition) is 4. The first-order chi connectivity index (χ1) is 13.8. The quantitative estimate of drug-likeness (QED) is 0.299. The number of benzene rings is 1. The van der Waals surface area contributed by atoms with Crippen LogP contribution in [0.4, 0.5) is 0 Å². The molecule has 28 heavy (non-hydrogen) atoms. The zero-order valence-corrected chi connectivity index (χ0v) is 18.0. The highest BCUT2D eigenvalue weighted by molar-refractivity contribution is 7.99. The summed E-state index contributed by atoms with van der Waals surface area (Å²) in [4.78, 5) is 5.12. The number of thioether (sulfide) groups is 1. The van der Waals surface area contributed by atoms with Gasteiger partial charge in [0.1, 0.15) is 0 Å². The molecule has 0 radical (unpaired) electrons. The summed E-state index contributed by atoms with van der Waals surface area (Å²) in [5.41, 5.74) is 2.76. The van der Waals surface area contributed by atoms with Crippen molar-refractivity contribution in [2.75, 3.05) is 57.4 Å². The standard InChI is InChI=1S/C24H34N2OS/c1-3-4-6-10-23(2)22-28-20-17-26(21-24-11-7-5-8-12-24)14-9-13-25-15-18-27-19-16-25/h1,4-8,10-12H,9,13-22H2,2H3/b6-4-,23-10+. The fraction of sp³-hybridized carbons (Fsp3) is 0.500. The van der Waals surface area contributed by atoms with E-state index in [0.29, 0.717) is 0 Å². The number of terminal acetylenes is 1. The summed E-state index contributed by atoms with van der Waals surface area (Å²) in [7, 11) is 0. The molecule has 0 aliphatic carbocycles. The molecule has 1 aliphatic rings. The average Bonchev–Trinajstić information content (AvgIpc) is 2.73. The smallest absolute Gasteiger partial charge is 0.0594 e. The molecule has 1 aromatic carbocycles. The van der Waals surface area contributed by atoms with Crippen LogP contribution < -0.4 is 0 Å². The van der Waals surface area contributed by atoms with Gasteiger partial charge in [0.25, 0.3) is 0 Å². The van der Waals surface area contributed by atoms with Crippen molar-refractivity contribution in [2.24, 2.45) is 0 Å². The van der Waals surface area contributed by atoms with Gasteiger partial charge in [-0.1, -0.05) is 54.0 Å². The van der Waals surface area contributed by atoms with E-state index in [1.807, 2.05) is 17.8 Å². The molecular weight excluding hydrogens is 364 g/mol. The summed E-state index contributed by atoms with van der Waals surface area (Å²) in [6.07, 6.45) is 12.2. The lowest BCUT2D eigenvalue weighted by Gasteiger charge is -2.28. The van der Waals surface area contributed by atoms with Crippen LogP contribution in [0.25, 0.3) is 0 Å². The van der Waals surface area contributed by atoms with E-state index in [2.05, 4.69) is 59.1 Å². The van der Waals surface area contributed by atoms with Crippen LogP contribution in [0, 0.1) is 12.3 Å². The SMILES string of the molecule is C#C/C=C\C=C(/C)CSCCN(CCCN1CCOCC1)Cc1ccccc1. The van der Waals surface area contributed by atoms with Crippen molar-refractivity contribution < 1.29 is 4.74 Å². The maximum absolute atomic E-state index is 5.45. The molecule has 0 spiro atoms. The van der Waals surface area contributed by atoms with Crippen LogP contribution in [0.3, 0.4) is 0 Å². The Morgan fingerprint density at radius 2 is 2.04 bits per heavy atom. The normalized spacial score (nSPS) is 16.0. The number of allylic oxidation sites excluding steroid dienone is 3. The molecule has 0 amide bonds. The number of morpholine rings is 1. The van der Waals surface area contributed by atoms with Crippen molar-refractivity contribution in [3.8, 4) is 12.3 Å². The van der Waals surface area contributed by atoms with Gasteiger partial charge in [0.05, 0.1) is 13.2 Å². The van der Waals surface area contributed by atoms with Gasteiger partial charge in [0.15, 0.2) is 0 Å². The first kappa shape index (κ1) is 22.8. The minimum Gasteiger partial charge on any atom is -0.379 e. The molecule has 0 saturated carbocycles. The fourth-order valence-electron chi connectivity index (χ4n) is 3.20. The highest BCUT2D eigenvalue weighted by Gasteiger charge is 2.11. The van der Waals surface area contributed by atoms with Crippen molar-refractivity contribution in [3.05, 3.63) is 59.7 Å². The molecule has 0 bridgehead atoms. The Hall–Kier alpha value is -1.51. The van der Waals surface area contributed by atoms with Crippen molar-refractivity contribution in [1.82, 2.24) is 9.80 Å². The fourth-order valence-corrected chi connectivity index (χ4v) is 4.15. The van der Waals surface area contributed by atoms with Crippen LogP contribution in [0.1, 0.15) is 18.9 Å². The van der Waals surface area contributed by atoms with E-state index in [0.717, 1.165) is 57.4 Å². The third-order valence-electron chi connectivity index (χ3n) is 4.76. The van der Waals surface area contributed by atoms with Crippen LogP contribution in [0.15, 0.2) is 54.1 Å². The van der Waals surface area contributed by atoms with E-state index < -0.39 is 0 Å².